The number of aryl methyl sites for hydroxylation is 1. The molecule has 0 saturated heterocycles. The maximum Gasteiger partial charge on any atom is 0.250 e. The van der Waals surface area contributed by atoms with E-state index in [9.17, 15) is 0 Å². The SMILES string of the molecule is Cc1ccccc1-c1nnn(Cc2nc(-c3cccc(Br)c3)no2)n1. The molecule has 0 fully saturated rings. The van der Waals surface area contributed by atoms with Gasteiger partial charge in [-0.3, -0.25) is 0 Å². The Bertz CT molecular complexity index is 1030. The van der Waals surface area contributed by atoms with Gasteiger partial charge in [-0.2, -0.15) is 9.78 Å². The molecule has 0 saturated carbocycles. The minimum atomic E-state index is 0.264. The molecule has 0 aliphatic heterocycles. The highest BCUT2D eigenvalue weighted by molar-refractivity contribution is 9.10. The third-order valence-electron chi connectivity index (χ3n) is 3.67. The molecule has 124 valence electrons. The van der Waals surface area contributed by atoms with Gasteiger partial charge < -0.3 is 4.52 Å². The van der Waals surface area contributed by atoms with Crippen molar-refractivity contribution in [2.45, 2.75) is 13.5 Å². The first-order chi connectivity index (χ1) is 12.2. The van der Waals surface area contributed by atoms with Crippen LogP contribution in [0.2, 0.25) is 0 Å². The molecule has 0 spiro atoms. The Kier molecular flexibility index (Phi) is 4.10. The van der Waals surface area contributed by atoms with Crippen LogP contribution in [0.4, 0.5) is 0 Å². The number of aromatic nitrogens is 6. The minimum Gasteiger partial charge on any atom is -0.337 e. The molecule has 8 heteroatoms. The maximum atomic E-state index is 5.30. The normalized spacial score (nSPS) is 11.0. The molecule has 4 rings (SSSR count). The summed E-state index contributed by atoms with van der Waals surface area (Å²) in [7, 11) is 0. The summed E-state index contributed by atoms with van der Waals surface area (Å²) in [5.74, 6) is 1.52. The predicted molar refractivity (Wildman–Crippen MR) is 94.5 cm³/mol. The van der Waals surface area contributed by atoms with E-state index in [-0.39, 0.29) is 6.54 Å². The molecule has 2 aromatic heterocycles. The van der Waals surface area contributed by atoms with E-state index >= 15 is 0 Å². The number of benzene rings is 2. The summed E-state index contributed by atoms with van der Waals surface area (Å²) >= 11 is 3.43. The standard InChI is InChI=1S/C17H13BrN6O/c1-11-5-2-3-8-14(11)17-20-23-24(21-17)10-15-19-16(22-25-15)12-6-4-7-13(18)9-12/h2-9H,10H2,1H3. The van der Waals surface area contributed by atoms with Crippen molar-refractivity contribution in [3.63, 3.8) is 0 Å². The van der Waals surface area contributed by atoms with E-state index in [1.807, 2.05) is 55.5 Å². The zero-order valence-electron chi connectivity index (χ0n) is 13.3. The van der Waals surface area contributed by atoms with Crippen molar-refractivity contribution in [2.75, 3.05) is 0 Å². The summed E-state index contributed by atoms with van der Waals surface area (Å²) in [6.45, 7) is 2.28. The van der Waals surface area contributed by atoms with Gasteiger partial charge in [-0.25, -0.2) is 0 Å². The average Bonchev–Trinajstić information content (AvgIpc) is 3.25. The van der Waals surface area contributed by atoms with Crippen LogP contribution in [-0.2, 0) is 6.54 Å². The van der Waals surface area contributed by atoms with Crippen molar-refractivity contribution in [3.8, 4) is 22.8 Å². The van der Waals surface area contributed by atoms with E-state index in [0.717, 1.165) is 21.2 Å². The molecule has 4 aromatic rings. The fourth-order valence-electron chi connectivity index (χ4n) is 2.43. The molecular weight excluding hydrogens is 384 g/mol. The maximum absolute atomic E-state index is 5.30. The van der Waals surface area contributed by atoms with Crippen molar-refractivity contribution < 1.29 is 4.52 Å². The molecule has 0 bridgehead atoms. The van der Waals surface area contributed by atoms with E-state index < -0.39 is 0 Å². The summed E-state index contributed by atoms with van der Waals surface area (Å²) in [6, 6.07) is 15.6. The summed E-state index contributed by atoms with van der Waals surface area (Å²) in [4.78, 5) is 5.83. The molecule has 2 aromatic carbocycles. The van der Waals surface area contributed by atoms with Gasteiger partial charge in [0.1, 0.15) is 6.54 Å². The van der Waals surface area contributed by atoms with Gasteiger partial charge in [0.15, 0.2) is 0 Å². The largest absolute Gasteiger partial charge is 0.337 e. The van der Waals surface area contributed by atoms with E-state index in [0.29, 0.717) is 17.5 Å². The second-order valence-corrected chi connectivity index (χ2v) is 6.40. The molecule has 7 nitrogen and oxygen atoms in total. The van der Waals surface area contributed by atoms with Crippen molar-refractivity contribution in [1.29, 1.82) is 0 Å². The summed E-state index contributed by atoms with van der Waals surface area (Å²) < 4.78 is 6.25. The molecule has 0 atom stereocenters. The molecule has 0 aliphatic rings. The van der Waals surface area contributed by atoms with Gasteiger partial charge in [-0.05, 0) is 29.8 Å². The van der Waals surface area contributed by atoms with Crippen LogP contribution in [0.5, 0.6) is 0 Å². The highest BCUT2D eigenvalue weighted by atomic mass is 79.9. The fourth-order valence-corrected chi connectivity index (χ4v) is 2.83. The highest BCUT2D eigenvalue weighted by Gasteiger charge is 2.13. The lowest BCUT2D eigenvalue weighted by Gasteiger charge is -1.98. The second kappa shape index (κ2) is 6.56. The van der Waals surface area contributed by atoms with Gasteiger partial charge in [0, 0.05) is 15.6 Å². The molecule has 0 amide bonds. The first kappa shape index (κ1) is 15.6. The Morgan fingerprint density at radius 3 is 2.80 bits per heavy atom. The fraction of sp³-hybridized carbons (Fsp3) is 0.118. The Hall–Kier alpha value is -2.87. The lowest BCUT2D eigenvalue weighted by Crippen LogP contribution is -2.04. The van der Waals surface area contributed by atoms with Crippen LogP contribution < -0.4 is 0 Å². The van der Waals surface area contributed by atoms with E-state index in [1.54, 1.807) is 0 Å². The zero-order chi connectivity index (χ0) is 17.2. The Morgan fingerprint density at radius 2 is 1.96 bits per heavy atom. The number of tetrazole rings is 1. The molecule has 0 unspecified atom stereocenters. The van der Waals surface area contributed by atoms with Gasteiger partial charge in [0.25, 0.3) is 5.89 Å². The molecule has 0 N–H and O–H groups in total. The van der Waals surface area contributed by atoms with Crippen LogP contribution >= 0.6 is 15.9 Å². The van der Waals surface area contributed by atoms with Gasteiger partial charge >= 0.3 is 0 Å². The first-order valence-corrected chi connectivity index (χ1v) is 8.41. The summed E-state index contributed by atoms with van der Waals surface area (Å²) in [5.41, 5.74) is 2.92. The van der Waals surface area contributed by atoms with Crippen LogP contribution in [0.15, 0.2) is 57.5 Å². The number of rotatable bonds is 4. The van der Waals surface area contributed by atoms with Crippen molar-refractivity contribution in [2.24, 2.45) is 0 Å². The smallest absolute Gasteiger partial charge is 0.250 e. The average molecular weight is 397 g/mol. The van der Waals surface area contributed by atoms with Crippen LogP contribution in [0.25, 0.3) is 22.8 Å². The Balaban J connectivity index is 1.55. The van der Waals surface area contributed by atoms with E-state index in [2.05, 4.69) is 41.5 Å². The van der Waals surface area contributed by atoms with Crippen LogP contribution in [0.1, 0.15) is 11.5 Å². The van der Waals surface area contributed by atoms with Crippen molar-refractivity contribution >= 4 is 15.9 Å². The zero-order valence-corrected chi connectivity index (χ0v) is 14.9. The number of halogens is 1. The minimum absolute atomic E-state index is 0.264. The molecule has 0 radical (unpaired) electrons. The van der Waals surface area contributed by atoms with Gasteiger partial charge in [-0.1, -0.05) is 57.5 Å². The monoisotopic (exact) mass is 396 g/mol. The Labute approximate surface area is 151 Å². The van der Waals surface area contributed by atoms with E-state index in [4.69, 9.17) is 4.52 Å². The number of hydrogen-bond donors (Lipinski definition) is 0. The van der Waals surface area contributed by atoms with Crippen molar-refractivity contribution in [3.05, 3.63) is 64.5 Å². The van der Waals surface area contributed by atoms with Gasteiger partial charge in [-0.15, -0.1) is 10.2 Å². The van der Waals surface area contributed by atoms with E-state index in [1.165, 1.54) is 4.80 Å². The quantitative estimate of drug-likeness (QED) is 0.524. The van der Waals surface area contributed by atoms with Crippen molar-refractivity contribution in [1.82, 2.24) is 30.3 Å². The topological polar surface area (TPSA) is 82.5 Å². The lowest BCUT2D eigenvalue weighted by atomic mass is 10.1. The molecule has 2 heterocycles. The summed E-state index contributed by atoms with van der Waals surface area (Å²) in [6.07, 6.45) is 0. The van der Waals surface area contributed by atoms with Crippen LogP contribution in [0, 0.1) is 6.92 Å². The third-order valence-corrected chi connectivity index (χ3v) is 4.16. The van der Waals surface area contributed by atoms with Crippen LogP contribution in [0.3, 0.4) is 0 Å². The molecule has 0 aliphatic carbocycles. The molecule has 25 heavy (non-hydrogen) atoms. The predicted octanol–water partition coefficient (Wildman–Crippen LogP) is 3.51. The lowest BCUT2D eigenvalue weighted by molar-refractivity contribution is 0.356. The second-order valence-electron chi connectivity index (χ2n) is 5.48. The van der Waals surface area contributed by atoms with Crippen LogP contribution in [-0.4, -0.2) is 30.3 Å². The Morgan fingerprint density at radius 1 is 1.08 bits per heavy atom. The summed E-state index contributed by atoms with van der Waals surface area (Å²) in [5, 5.41) is 16.6. The highest BCUT2D eigenvalue weighted by Crippen LogP contribution is 2.21. The number of nitrogens with zero attached hydrogens (tertiary/aromatic N) is 6. The van der Waals surface area contributed by atoms with Gasteiger partial charge in [0.2, 0.25) is 11.6 Å². The number of hydrogen-bond acceptors (Lipinski definition) is 6. The molecular formula is C17H13BrN6O. The first-order valence-electron chi connectivity index (χ1n) is 7.61. The third kappa shape index (κ3) is 3.34. The van der Waals surface area contributed by atoms with Gasteiger partial charge in [0.05, 0.1) is 0 Å².